The molecule has 0 aliphatic carbocycles. The zero-order valence-electron chi connectivity index (χ0n) is 18.1. The molecule has 0 bridgehead atoms. The van der Waals surface area contributed by atoms with Gasteiger partial charge in [0.05, 0.1) is 5.56 Å². The van der Waals surface area contributed by atoms with E-state index in [9.17, 15) is 9.59 Å². The summed E-state index contributed by atoms with van der Waals surface area (Å²) in [5, 5.41) is 3.66. The Morgan fingerprint density at radius 2 is 1.72 bits per heavy atom. The Bertz CT molecular complexity index is 1270. The normalized spacial score (nSPS) is 11.8. The Balaban J connectivity index is 1.38. The van der Waals surface area contributed by atoms with E-state index >= 15 is 0 Å². The van der Waals surface area contributed by atoms with Gasteiger partial charge in [0.15, 0.2) is 6.61 Å². The third kappa shape index (κ3) is 4.89. The highest BCUT2D eigenvalue weighted by atomic mass is 16.5. The van der Waals surface area contributed by atoms with Crippen LogP contribution in [0.1, 0.15) is 31.7 Å². The molecule has 5 nitrogen and oxygen atoms in total. The number of benzene rings is 3. The van der Waals surface area contributed by atoms with Gasteiger partial charge in [0.25, 0.3) is 5.91 Å². The highest BCUT2D eigenvalue weighted by Gasteiger charge is 2.09. The van der Waals surface area contributed by atoms with Crippen LogP contribution in [-0.2, 0) is 4.79 Å². The zero-order valence-corrected chi connectivity index (χ0v) is 18.1. The number of fused-ring (bicyclic) bond motifs is 1. The summed E-state index contributed by atoms with van der Waals surface area (Å²) in [5.41, 5.74) is 3.24. The van der Waals surface area contributed by atoms with Gasteiger partial charge in [-0.15, -0.1) is 0 Å². The van der Waals surface area contributed by atoms with E-state index in [0.717, 1.165) is 17.4 Å². The molecule has 3 aromatic carbocycles. The molecular formula is C27H25NO4. The predicted octanol–water partition coefficient (Wildman–Crippen LogP) is 5.99. The van der Waals surface area contributed by atoms with Crippen LogP contribution in [0.15, 0.2) is 88.1 Å². The predicted molar refractivity (Wildman–Crippen MR) is 127 cm³/mol. The molecule has 0 spiro atoms. The summed E-state index contributed by atoms with van der Waals surface area (Å²) in [4.78, 5) is 24.6. The molecule has 0 aliphatic heterocycles. The van der Waals surface area contributed by atoms with Crippen LogP contribution in [0.25, 0.3) is 22.1 Å². The van der Waals surface area contributed by atoms with Crippen LogP contribution < -0.4 is 15.7 Å². The van der Waals surface area contributed by atoms with Crippen molar-refractivity contribution < 1.29 is 13.9 Å². The number of para-hydroxylation sites is 1. The Morgan fingerprint density at radius 1 is 1.00 bits per heavy atom. The number of hydrogen-bond acceptors (Lipinski definition) is 4. The molecule has 162 valence electrons. The molecule has 4 aromatic rings. The van der Waals surface area contributed by atoms with Crippen molar-refractivity contribution in [3.63, 3.8) is 0 Å². The molecule has 0 radical (unpaired) electrons. The summed E-state index contributed by atoms with van der Waals surface area (Å²) in [6.45, 7) is 4.25. The van der Waals surface area contributed by atoms with E-state index in [4.69, 9.17) is 9.15 Å². The van der Waals surface area contributed by atoms with E-state index in [1.165, 1.54) is 5.56 Å². The Hall–Kier alpha value is -3.86. The first-order chi connectivity index (χ1) is 15.5. The number of anilines is 1. The molecule has 5 heteroatoms. The molecule has 0 aliphatic rings. The number of rotatable bonds is 7. The van der Waals surface area contributed by atoms with Crippen LogP contribution in [0.4, 0.5) is 5.69 Å². The van der Waals surface area contributed by atoms with Gasteiger partial charge in [0.2, 0.25) is 0 Å². The van der Waals surface area contributed by atoms with Gasteiger partial charge in [-0.25, -0.2) is 4.79 Å². The number of ether oxygens (including phenoxy) is 1. The molecule has 0 fully saturated rings. The van der Waals surface area contributed by atoms with E-state index in [-0.39, 0.29) is 12.5 Å². The second-order valence-electron chi connectivity index (χ2n) is 7.78. The highest BCUT2D eigenvalue weighted by Crippen LogP contribution is 2.23. The van der Waals surface area contributed by atoms with Gasteiger partial charge >= 0.3 is 5.63 Å². The minimum absolute atomic E-state index is 0.0846. The van der Waals surface area contributed by atoms with Crippen molar-refractivity contribution in [2.45, 2.75) is 26.2 Å². The van der Waals surface area contributed by atoms with Gasteiger partial charge in [0, 0.05) is 11.1 Å². The van der Waals surface area contributed by atoms with Crippen molar-refractivity contribution in [1.29, 1.82) is 0 Å². The van der Waals surface area contributed by atoms with E-state index in [2.05, 4.69) is 19.2 Å². The van der Waals surface area contributed by atoms with Crippen molar-refractivity contribution in [2.24, 2.45) is 0 Å². The van der Waals surface area contributed by atoms with Crippen LogP contribution in [0, 0.1) is 0 Å². The topological polar surface area (TPSA) is 68.5 Å². The fourth-order valence-corrected chi connectivity index (χ4v) is 3.47. The fourth-order valence-electron chi connectivity index (χ4n) is 3.47. The van der Waals surface area contributed by atoms with E-state index in [1.807, 2.05) is 48.5 Å². The summed E-state index contributed by atoms with van der Waals surface area (Å²) < 4.78 is 11.0. The second-order valence-corrected chi connectivity index (χ2v) is 7.78. The second kappa shape index (κ2) is 9.52. The van der Waals surface area contributed by atoms with Crippen molar-refractivity contribution >= 4 is 22.6 Å². The first-order valence-corrected chi connectivity index (χ1v) is 10.7. The minimum Gasteiger partial charge on any atom is -0.484 e. The molecular weight excluding hydrogens is 402 g/mol. The van der Waals surface area contributed by atoms with Crippen LogP contribution in [0.2, 0.25) is 0 Å². The van der Waals surface area contributed by atoms with E-state index < -0.39 is 5.63 Å². The summed E-state index contributed by atoms with van der Waals surface area (Å²) >= 11 is 0. The van der Waals surface area contributed by atoms with Crippen molar-refractivity contribution in [1.82, 2.24) is 0 Å². The highest BCUT2D eigenvalue weighted by molar-refractivity contribution is 5.92. The molecule has 0 saturated heterocycles. The number of nitrogens with one attached hydrogen (secondary N) is 1. The lowest BCUT2D eigenvalue weighted by molar-refractivity contribution is -0.118. The van der Waals surface area contributed by atoms with Gasteiger partial charge in [-0.05, 0) is 59.9 Å². The third-order valence-corrected chi connectivity index (χ3v) is 5.55. The quantitative estimate of drug-likeness (QED) is 0.368. The van der Waals surface area contributed by atoms with Crippen molar-refractivity contribution in [3.8, 4) is 16.9 Å². The number of hydrogen-bond donors (Lipinski definition) is 1. The summed E-state index contributed by atoms with van der Waals surface area (Å²) in [6, 6.07) is 24.1. The van der Waals surface area contributed by atoms with Gasteiger partial charge < -0.3 is 14.5 Å². The zero-order chi connectivity index (χ0) is 22.5. The molecule has 1 N–H and O–H groups in total. The molecule has 32 heavy (non-hydrogen) atoms. The standard InChI is InChI=1S/C27H25NO4/c1-3-18(2)19-10-14-23(15-11-19)31-17-26(29)28-22-12-8-20(9-13-22)24-16-21-6-4-5-7-25(21)32-27(24)30/h4-16,18H,3,17H2,1-2H3,(H,28,29)/t18-/m0/s1. The summed E-state index contributed by atoms with van der Waals surface area (Å²) in [5.74, 6) is 0.899. The molecule has 4 rings (SSSR count). The fraction of sp³-hybridized carbons (Fsp3) is 0.185. The van der Waals surface area contributed by atoms with Gasteiger partial charge in [0.1, 0.15) is 11.3 Å². The number of amides is 1. The lowest BCUT2D eigenvalue weighted by atomic mass is 9.99. The van der Waals surface area contributed by atoms with Crippen molar-refractivity contribution in [2.75, 3.05) is 11.9 Å². The van der Waals surface area contributed by atoms with Gasteiger partial charge in [-0.1, -0.05) is 56.3 Å². The first kappa shape index (κ1) is 21.4. The van der Waals surface area contributed by atoms with Crippen molar-refractivity contribution in [3.05, 3.63) is 94.8 Å². The smallest absolute Gasteiger partial charge is 0.344 e. The largest absolute Gasteiger partial charge is 0.484 e. The Labute approximate surface area is 186 Å². The number of carbonyl (C=O) groups is 1. The monoisotopic (exact) mass is 427 g/mol. The molecule has 1 amide bonds. The molecule has 0 saturated carbocycles. The average molecular weight is 428 g/mol. The van der Waals surface area contributed by atoms with E-state index in [0.29, 0.717) is 28.5 Å². The van der Waals surface area contributed by atoms with Gasteiger partial charge in [-0.2, -0.15) is 0 Å². The summed E-state index contributed by atoms with van der Waals surface area (Å²) in [7, 11) is 0. The third-order valence-electron chi connectivity index (χ3n) is 5.55. The minimum atomic E-state index is -0.395. The van der Waals surface area contributed by atoms with Crippen LogP contribution >= 0.6 is 0 Å². The van der Waals surface area contributed by atoms with Crippen LogP contribution in [-0.4, -0.2) is 12.5 Å². The summed E-state index contributed by atoms with van der Waals surface area (Å²) in [6.07, 6.45) is 1.08. The van der Waals surface area contributed by atoms with E-state index in [1.54, 1.807) is 30.3 Å². The maximum absolute atomic E-state index is 12.3. The lowest BCUT2D eigenvalue weighted by Gasteiger charge is -2.11. The molecule has 0 unspecified atom stereocenters. The van der Waals surface area contributed by atoms with Crippen LogP contribution in [0.5, 0.6) is 5.75 Å². The lowest BCUT2D eigenvalue weighted by Crippen LogP contribution is -2.20. The SMILES string of the molecule is CC[C@H](C)c1ccc(OCC(=O)Nc2ccc(-c3cc4ccccc4oc3=O)cc2)cc1. The average Bonchev–Trinajstić information content (AvgIpc) is 2.82. The Kier molecular flexibility index (Phi) is 6.36. The first-order valence-electron chi connectivity index (χ1n) is 10.7. The number of carbonyl (C=O) groups excluding carboxylic acids is 1. The molecule has 1 aromatic heterocycles. The van der Waals surface area contributed by atoms with Gasteiger partial charge in [-0.3, -0.25) is 4.79 Å². The Morgan fingerprint density at radius 3 is 2.44 bits per heavy atom. The maximum Gasteiger partial charge on any atom is 0.344 e. The molecule has 1 atom stereocenters. The molecule has 1 heterocycles. The maximum atomic E-state index is 12.3. The van der Waals surface area contributed by atoms with Crippen LogP contribution in [0.3, 0.4) is 0 Å².